The molecule has 1 saturated heterocycles. The van der Waals surface area contributed by atoms with Crippen LogP contribution < -0.4 is 0 Å². The molecular formula is C20H30F4N4S. The van der Waals surface area contributed by atoms with Crippen LogP contribution in [-0.4, -0.2) is 72.4 Å². The van der Waals surface area contributed by atoms with E-state index in [1.54, 1.807) is 19.9 Å². The molecule has 3 aliphatic rings. The zero-order valence-electron chi connectivity index (χ0n) is 17.5. The van der Waals surface area contributed by atoms with Crippen molar-refractivity contribution in [3.05, 3.63) is 11.0 Å². The highest BCUT2D eigenvalue weighted by Gasteiger charge is 2.41. The first-order valence-corrected chi connectivity index (χ1v) is 10.9. The molecular weight excluding hydrogens is 404 g/mol. The first-order chi connectivity index (χ1) is 13.3. The summed E-state index contributed by atoms with van der Waals surface area (Å²) >= 11 is 1.20. The molecule has 0 aromatic heterocycles. The molecule has 3 heterocycles. The number of halogens is 4. The first-order valence-electron chi connectivity index (χ1n) is 10.00. The third kappa shape index (κ3) is 6.20. The van der Waals surface area contributed by atoms with Crippen LogP contribution in [0.4, 0.5) is 17.6 Å². The molecule has 9 heteroatoms. The molecule has 1 fully saturated rings. The number of hydrogen-bond donors (Lipinski definition) is 0. The molecule has 0 bridgehead atoms. The lowest BCUT2D eigenvalue weighted by atomic mass is 9.79. The van der Waals surface area contributed by atoms with Gasteiger partial charge < -0.3 is 9.80 Å². The Labute approximate surface area is 174 Å². The molecule has 0 amide bonds. The second-order valence-corrected chi connectivity index (χ2v) is 10.6. The fraction of sp³-hybridized carbons (Fsp3) is 0.800. The van der Waals surface area contributed by atoms with E-state index in [0.717, 1.165) is 38.3 Å². The number of nitrogens with zero attached hydrogens (tertiary/aromatic N) is 4. The van der Waals surface area contributed by atoms with Gasteiger partial charge in [0.15, 0.2) is 0 Å². The molecule has 0 saturated carbocycles. The predicted octanol–water partition coefficient (Wildman–Crippen LogP) is 4.73. The van der Waals surface area contributed by atoms with Gasteiger partial charge >= 0.3 is 6.18 Å². The van der Waals surface area contributed by atoms with Crippen LogP contribution in [0.5, 0.6) is 0 Å². The molecule has 3 aliphatic heterocycles. The molecule has 1 unspecified atom stereocenters. The molecule has 0 radical (unpaired) electrons. The normalized spacial score (nSPS) is 27.1. The van der Waals surface area contributed by atoms with Gasteiger partial charge in [0, 0.05) is 26.2 Å². The fourth-order valence-corrected chi connectivity index (χ4v) is 5.74. The second kappa shape index (κ2) is 8.21. The zero-order valence-corrected chi connectivity index (χ0v) is 18.3. The van der Waals surface area contributed by atoms with Gasteiger partial charge in [-0.1, -0.05) is 13.0 Å². The van der Waals surface area contributed by atoms with Gasteiger partial charge in [0.1, 0.15) is 23.2 Å². The molecule has 2 atom stereocenters. The monoisotopic (exact) mass is 434 g/mol. The summed E-state index contributed by atoms with van der Waals surface area (Å²) in [5.41, 5.74) is -1.14. The summed E-state index contributed by atoms with van der Waals surface area (Å²) in [6.07, 6.45) is -0.0567. The maximum atomic E-state index is 13.9. The Morgan fingerprint density at radius 1 is 1.24 bits per heavy atom. The second-order valence-electron chi connectivity index (χ2n) is 9.40. The third-order valence-electron chi connectivity index (χ3n) is 5.61. The van der Waals surface area contributed by atoms with Gasteiger partial charge in [0.25, 0.3) is 0 Å². The van der Waals surface area contributed by atoms with Crippen molar-refractivity contribution in [2.75, 3.05) is 33.2 Å². The van der Waals surface area contributed by atoms with Crippen molar-refractivity contribution in [3.63, 3.8) is 0 Å². The lowest BCUT2D eigenvalue weighted by Gasteiger charge is -2.44. The number of thioether (sulfide) groups is 1. The maximum absolute atomic E-state index is 13.9. The minimum atomic E-state index is -4.21. The van der Waals surface area contributed by atoms with E-state index in [1.807, 2.05) is 7.05 Å². The van der Waals surface area contributed by atoms with E-state index in [9.17, 15) is 17.6 Å². The minimum absolute atomic E-state index is 0.0843. The van der Waals surface area contributed by atoms with Crippen molar-refractivity contribution in [1.29, 1.82) is 0 Å². The number of amidine groups is 1. The average Bonchev–Trinajstić information content (AvgIpc) is 2.93. The topological polar surface area (TPSA) is 31.2 Å². The van der Waals surface area contributed by atoms with Crippen LogP contribution in [0.1, 0.15) is 40.0 Å². The Balaban J connectivity index is 1.60. The molecule has 0 aromatic rings. The quantitative estimate of drug-likeness (QED) is 0.586. The smallest absolute Gasteiger partial charge is 0.359 e. The van der Waals surface area contributed by atoms with Crippen LogP contribution in [0.15, 0.2) is 21.0 Å². The molecule has 0 N–H and O–H groups in total. The van der Waals surface area contributed by atoms with Gasteiger partial charge in [0.2, 0.25) is 0 Å². The van der Waals surface area contributed by atoms with Gasteiger partial charge in [-0.3, -0.25) is 4.99 Å². The highest BCUT2D eigenvalue weighted by molar-refractivity contribution is 8.04. The van der Waals surface area contributed by atoms with Crippen LogP contribution in [0.2, 0.25) is 0 Å². The number of allylic oxidation sites excluding steroid dienone is 1. The van der Waals surface area contributed by atoms with Crippen LogP contribution in [-0.2, 0) is 0 Å². The Morgan fingerprint density at radius 3 is 2.48 bits per heavy atom. The Kier molecular flexibility index (Phi) is 6.40. The van der Waals surface area contributed by atoms with Gasteiger partial charge in [-0.25, -0.2) is 9.38 Å². The maximum Gasteiger partial charge on any atom is 0.393 e. The number of aliphatic imine (C=N–C) groups is 2. The number of piperidine rings is 1. The predicted molar refractivity (Wildman–Crippen MR) is 111 cm³/mol. The largest absolute Gasteiger partial charge is 0.393 e. The molecule has 0 aliphatic carbocycles. The Bertz CT molecular complexity index is 688. The average molecular weight is 435 g/mol. The Morgan fingerprint density at radius 2 is 1.90 bits per heavy atom. The van der Waals surface area contributed by atoms with E-state index in [2.05, 4.69) is 26.7 Å². The molecule has 0 aromatic carbocycles. The van der Waals surface area contributed by atoms with E-state index in [4.69, 9.17) is 0 Å². The van der Waals surface area contributed by atoms with E-state index < -0.39 is 18.3 Å². The van der Waals surface area contributed by atoms with E-state index in [0.29, 0.717) is 11.4 Å². The van der Waals surface area contributed by atoms with Gasteiger partial charge in [-0.15, -0.1) is 11.8 Å². The lowest BCUT2D eigenvalue weighted by Crippen LogP contribution is -2.49. The summed E-state index contributed by atoms with van der Waals surface area (Å²) in [6, 6.07) is 0. The Hall–Kier alpha value is -1.09. The van der Waals surface area contributed by atoms with Crippen molar-refractivity contribution < 1.29 is 17.6 Å². The summed E-state index contributed by atoms with van der Waals surface area (Å²) in [6.45, 7) is 8.22. The summed E-state index contributed by atoms with van der Waals surface area (Å²) in [4.78, 5) is 13.3. The SMILES string of the molecule is CN(CC(C)(C)F)CC1(C)CCN(C2=NC=NC3SC(CC(F)(F)F)=C[C@H]23)CC1. The van der Waals surface area contributed by atoms with Gasteiger partial charge in [0.05, 0.1) is 12.3 Å². The summed E-state index contributed by atoms with van der Waals surface area (Å²) < 4.78 is 52.2. The van der Waals surface area contributed by atoms with E-state index in [1.165, 1.54) is 18.1 Å². The third-order valence-corrected chi connectivity index (χ3v) is 6.85. The number of rotatable bonds is 5. The fourth-order valence-electron chi connectivity index (χ4n) is 4.49. The lowest BCUT2D eigenvalue weighted by molar-refractivity contribution is -0.125. The summed E-state index contributed by atoms with van der Waals surface area (Å²) in [7, 11) is 1.95. The molecule has 3 rings (SSSR count). The minimum Gasteiger partial charge on any atom is -0.359 e. The van der Waals surface area contributed by atoms with Crippen molar-refractivity contribution in [2.24, 2.45) is 21.3 Å². The van der Waals surface area contributed by atoms with E-state index >= 15 is 0 Å². The summed E-state index contributed by atoms with van der Waals surface area (Å²) in [5.74, 6) is 0.636. The van der Waals surface area contributed by atoms with Gasteiger partial charge in [-0.2, -0.15) is 13.2 Å². The highest BCUT2D eigenvalue weighted by atomic mass is 32.2. The number of alkyl halides is 4. The van der Waals surface area contributed by atoms with E-state index in [-0.39, 0.29) is 16.7 Å². The van der Waals surface area contributed by atoms with Crippen LogP contribution in [0.25, 0.3) is 0 Å². The van der Waals surface area contributed by atoms with Crippen molar-refractivity contribution >= 4 is 23.9 Å². The number of fused-ring (bicyclic) bond motifs is 1. The molecule has 164 valence electrons. The van der Waals surface area contributed by atoms with Crippen LogP contribution >= 0.6 is 11.8 Å². The van der Waals surface area contributed by atoms with Crippen LogP contribution in [0.3, 0.4) is 0 Å². The number of hydrogen-bond acceptors (Lipinski definition) is 5. The molecule has 29 heavy (non-hydrogen) atoms. The van der Waals surface area contributed by atoms with Crippen molar-refractivity contribution in [2.45, 2.75) is 57.3 Å². The van der Waals surface area contributed by atoms with Gasteiger partial charge in [-0.05, 0) is 44.1 Å². The van der Waals surface area contributed by atoms with Crippen molar-refractivity contribution in [1.82, 2.24) is 9.80 Å². The van der Waals surface area contributed by atoms with Crippen LogP contribution in [0, 0.1) is 11.3 Å². The summed E-state index contributed by atoms with van der Waals surface area (Å²) in [5, 5.41) is -0.244. The number of likely N-dealkylation sites (tertiary alicyclic amines) is 1. The highest BCUT2D eigenvalue weighted by Crippen LogP contribution is 2.45. The zero-order chi connectivity index (χ0) is 21.4. The molecule has 0 spiro atoms. The standard InChI is InChI=1S/C20H30F4N4S/c1-18(2,21)11-27(4)12-19(3)5-7-28(8-6-19)16-15-9-14(10-20(22,23)24)29-17(15)26-13-25-16/h9,13,15,17H,5-8,10-12H2,1-4H3/t15-,17?/m1/s1. The van der Waals surface area contributed by atoms with Crippen molar-refractivity contribution in [3.8, 4) is 0 Å². The molecule has 4 nitrogen and oxygen atoms in total. The first kappa shape index (κ1) is 22.6.